The van der Waals surface area contributed by atoms with E-state index in [0.29, 0.717) is 29.2 Å². The van der Waals surface area contributed by atoms with Gasteiger partial charge in [0.1, 0.15) is 0 Å². The molecule has 0 aliphatic heterocycles. The molecular weight excluding hydrogens is 268 g/mol. The zero-order chi connectivity index (χ0) is 14.3. The first-order valence-corrected chi connectivity index (χ1v) is 6.89. The van der Waals surface area contributed by atoms with E-state index in [9.17, 15) is 14.9 Å². The lowest BCUT2D eigenvalue weighted by Gasteiger charge is -2.06. The first-order chi connectivity index (χ1) is 9.10. The lowest BCUT2D eigenvalue weighted by molar-refractivity contribution is -0.387. The first-order valence-electron chi connectivity index (χ1n) is 5.90. The van der Waals surface area contributed by atoms with E-state index in [-0.39, 0.29) is 18.2 Å². The Morgan fingerprint density at radius 1 is 1.53 bits per heavy atom. The van der Waals surface area contributed by atoms with Crippen LogP contribution in [0.5, 0.6) is 0 Å². The van der Waals surface area contributed by atoms with Gasteiger partial charge in [-0.05, 0) is 25.5 Å². The third kappa shape index (κ3) is 4.53. The number of thioether (sulfide) groups is 1. The minimum atomic E-state index is -0.469. The summed E-state index contributed by atoms with van der Waals surface area (Å²) in [6.45, 7) is 2.35. The van der Waals surface area contributed by atoms with Crippen molar-refractivity contribution in [3.8, 4) is 0 Å². The van der Waals surface area contributed by atoms with Crippen molar-refractivity contribution in [2.45, 2.75) is 18.2 Å². The van der Waals surface area contributed by atoms with Gasteiger partial charge in [-0.25, -0.2) is 0 Å². The fourth-order valence-corrected chi connectivity index (χ4v) is 2.43. The van der Waals surface area contributed by atoms with Crippen LogP contribution in [0.25, 0.3) is 0 Å². The summed E-state index contributed by atoms with van der Waals surface area (Å²) >= 11 is 1.27. The molecule has 0 aliphatic carbocycles. The summed E-state index contributed by atoms with van der Waals surface area (Å²) in [5.41, 5.74) is 0.384. The Morgan fingerprint density at radius 3 is 2.84 bits per heavy atom. The Labute approximate surface area is 115 Å². The van der Waals surface area contributed by atoms with Gasteiger partial charge in [0.05, 0.1) is 9.82 Å². The zero-order valence-electron chi connectivity index (χ0n) is 10.6. The number of nitrogens with one attached hydrogen (secondary N) is 1. The lowest BCUT2D eigenvalue weighted by atomic mass is 10.2. The molecule has 0 fully saturated rings. The number of benzene rings is 1. The second-order valence-electron chi connectivity index (χ2n) is 3.72. The summed E-state index contributed by atoms with van der Waals surface area (Å²) in [6, 6.07) is 4.30. The molecule has 0 atom stereocenters. The van der Waals surface area contributed by atoms with E-state index in [1.54, 1.807) is 6.92 Å². The number of hydrogen-bond acceptors (Lipinski definition) is 5. The Bertz CT molecular complexity index is 465. The summed E-state index contributed by atoms with van der Waals surface area (Å²) in [5, 5.41) is 22.3. The smallest absolute Gasteiger partial charge is 0.282 e. The Morgan fingerprint density at radius 2 is 2.26 bits per heavy atom. The molecule has 19 heavy (non-hydrogen) atoms. The van der Waals surface area contributed by atoms with Gasteiger partial charge in [0.2, 0.25) is 0 Å². The van der Waals surface area contributed by atoms with E-state index < -0.39 is 4.92 Å². The maximum atomic E-state index is 11.7. The second-order valence-corrected chi connectivity index (χ2v) is 4.86. The number of carbonyl (C=O) groups excluding carboxylic acids is 1. The molecule has 1 amide bonds. The van der Waals surface area contributed by atoms with E-state index in [0.717, 1.165) is 0 Å². The van der Waals surface area contributed by atoms with Gasteiger partial charge in [-0.15, -0.1) is 11.8 Å². The topological polar surface area (TPSA) is 92.5 Å². The Kier molecular flexibility index (Phi) is 6.31. The molecule has 0 bridgehead atoms. The molecule has 0 aliphatic rings. The molecule has 1 aromatic rings. The van der Waals surface area contributed by atoms with Crippen LogP contribution in [0.2, 0.25) is 0 Å². The molecule has 0 saturated heterocycles. The van der Waals surface area contributed by atoms with Gasteiger partial charge in [0.15, 0.2) is 0 Å². The molecule has 0 aromatic heterocycles. The van der Waals surface area contributed by atoms with Gasteiger partial charge in [-0.3, -0.25) is 14.9 Å². The third-order valence-corrected chi connectivity index (χ3v) is 3.45. The average molecular weight is 284 g/mol. The summed E-state index contributed by atoms with van der Waals surface area (Å²) in [6.07, 6.45) is 0.549. The number of aliphatic hydroxyl groups is 1. The number of carbonyl (C=O) groups is 1. The van der Waals surface area contributed by atoms with Crippen LogP contribution in [0.15, 0.2) is 23.1 Å². The summed E-state index contributed by atoms with van der Waals surface area (Å²) in [7, 11) is 0. The fraction of sp³-hybridized carbons (Fsp3) is 0.417. The van der Waals surface area contributed by atoms with E-state index in [1.165, 1.54) is 30.0 Å². The largest absolute Gasteiger partial charge is 0.396 e. The molecule has 1 rings (SSSR count). The minimum absolute atomic E-state index is 0.0176. The molecule has 0 unspecified atom stereocenters. The number of rotatable bonds is 7. The van der Waals surface area contributed by atoms with Crippen LogP contribution in [0, 0.1) is 10.1 Å². The van der Waals surface area contributed by atoms with Crippen molar-refractivity contribution in [2.24, 2.45) is 0 Å². The quantitative estimate of drug-likeness (QED) is 0.345. The molecule has 0 saturated carbocycles. The number of nitrogens with zero attached hydrogens (tertiary/aromatic N) is 1. The molecule has 6 nitrogen and oxygen atoms in total. The van der Waals surface area contributed by atoms with Crippen molar-refractivity contribution >= 4 is 23.4 Å². The molecule has 0 spiro atoms. The lowest BCUT2D eigenvalue weighted by Crippen LogP contribution is -2.22. The number of hydrogen-bond donors (Lipinski definition) is 2. The minimum Gasteiger partial charge on any atom is -0.396 e. The van der Waals surface area contributed by atoms with Crippen molar-refractivity contribution in [3.63, 3.8) is 0 Å². The monoisotopic (exact) mass is 284 g/mol. The maximum Gasteiger partial charge on any atom is 0.282 e. The van der Waals surface area contributed by atoms with Crippen LogP contribution in [0.3, 0.4) is 0 Å². The van der Waals surface area contributed by atoms with Crippen molar-refractivity contribution in [1.29, 1.82) is 0 Å². The predicted octanol–water partition coefficient (Wildman–Crippen LogP) is 1.82. The molecule has 0 radical (unpaired) electrons. The van der Waals surface area contributed by atoms with Crippen LogP contribution in [0.1, 0.15) is 23.7 Å². The molecule has 7 heteroatoms. The molecular formula is C12H16N2O4S. The molecule has 104 valence electrons. The van der Waals surface area contributed by atoms with Gasteiger partial charge < -0.3 is 10.4 Å². The summed E-state index contributed by atoms with van der Waals surface area (Å²) in [4.78, 5) is 22.6. The van der Waals surface area contributed by atoms with Gasteiger partial charge in [0.25, 0.3) is 11.6 Å². The molecule has 2 N–H and O–H groups in total. The Balaban J connectivity index is 2.96. The zero-order valence-corrected chi connectivity index (χ0v) is 11.4. The highest BCUT2D eigenvalue weighted by atomic mass is 32.2. The highest BCUT2D eigenvalue weighted by molar-refractivity contribution is 7.99. The van der Waals surface area contributed by atoms with Crippen LogP contribution >= 0.6 is 11.8 Å². The SMILES string of the molecule is CCNC(=O)c1ccc([N+](=O)[O-])c(SCCCO)c1. The van der Waals surface area contributed by atoms with Crippen molar-refractivity contribution in [2.75, 3.05) is 18.9 Å². The van der Waals surface area contributed by atoms with Gasteiger partial charge in [-0.2, -0.15) is 0 Å². The van der Waals surface area contributed by atoms with Gasteiger partial charge >= 0.3 is 0 Å². The molecule has 0 heterocycles. The number of nitro groups is 1. The second kappa shape index (κ2) is 7.75. The third-order valence-electron chi connectivity index (χ3n) is 2.32. The fourth-order valence-electron chi connectivity index (χ4n) is 1.43. The van der Waals surface area contributed by atoms with Crippen LogP contribution in [0.4, 0.5) is 5.69 Å². The van der Waals surface area contributed by atoms with Crippen LogP contribution in [-0.2, 0) is 0 Å². The standard InChI is InChI=1S/C12H16N2O4S/c1-2-13-12(16)9-4-5-10(14(17)18)11(8-9)19-7-3-6-15/h4-5,8,15H,2-3,6-7H2,1H3,(H,13,16). The predicted molar refractivity (Wildman–Crippen MR) is 73.5 cm³/mol. The van der Waals surface area contributed by atoms with E-state index >= 15 is 0 Å². The first kappa shape index (κ1) is 15.5. The van der Waals surface area contributed by atoms with Crippen LogP contribution < -0.4 is 5.32 Å². The van der Waals surface area contributed by atoms with E-state index in [4.69, 9.17) is 5.11 Å². The highest BCUT2D eigenvalue weighted by Gasteiger charge is 2.16. The normalized spacial score (nSPS) is 10.2. The molecule has 1 aromatic carbocycles. The average Bonchev–Trinajstić information content (AvgIpc) is 2.39. The van der Waals surface area contributed by atoms with E-state index in [1.807, 2.05) is 0 Å². The van der Waals surface area contributed by atoms with Gasteiger partial charge in [0, 0.05) is 30.5 Å². The van der Waals surface area contributed by atoms with Crippen molar-refractivity contribution < 1.29 is 14.8 Å². The summed E-state index contributed by atoms with van der Waals surface area (Å²) in [5.74, 6) is 0.317. The van der Waals surface area contributed by atoms with Crippen molar-refractivity contribution in [1.82, 2.24) is 5.32 Å². The van der Waals surface area contributed by atoms with E-state index in [2.05, 4.69) is 5.32 Å². The maximum absolute atomic E-state index is 11.7. The van der Waals surface area contributed by atoms with Gasteiger partial charge in [-0.1, -0.05) is 0 Å². The Hall–Kier alpha value is -1.60. The van der Waals surface area contributed by atoms with Crippen LogP contribution in [-0.4, -0.2) is 34.8 Å². The number of aliphatic hydroxyl groups excluding tert-OH is 1. The number of amides is 1. The number of nitro benzene ring substituents is 1. The highest BCUT2D eigenvalue weighted by Crippen LogP contribution is 2.30. The summed E-state index contributed by atoms with van der Waals surface area (Å²) < 4.78 is 0. The van der Waals surface area contributed by atoms with Crippen molar-refractivity contribution in [3.05, 3.63) is 33.9 Å².